The summed E-state index contributed by atoms with van der Waals surface area (Å²) in [7, 11) is -2.17. The van der Waals surface area contributed by atoms with Gasteiger partial charge in [0.15, 0.2) is 0 Å². The lowest BCUT2D eigenvalue weighted by atomic mass is 10.3. The van der Waals surface area contributed by atoms with Gasteiger partial charge in [-0.25, -0.2) is 4.98 Å². The third-order valence-electron chi connectivity index (χ3n) is 2.32. The van der Waals surface area contributed by atoms with E-state index in [2.05, 4.69) is 25.6 Å². The molecule has 102 valence electrons. The Morgan fingerprint density at radius 2 is 2.22 bits per heavy atom. The van der Waals surface area contributed by atoms with Gasteiger partial charge >= 0.3 is 10.2 Å². The molecule has 0 radical (unpaired) electrons. The molecule has 0 aliphatic rings. The van der Waals surface area contributed by atoms with Gasteiger partial charge in [-0.1, -0.05) is 0 Å². The summed E-state index contributed by atoms with van der Waals surface area (Å²) in [5.74, 6) is 0.270. The van der Waals surface area contributed by atoms with Crippen molar-refractivity contribution in [3.8, 4) is 0 Å². The molecule has 0 saturated carbocycles. The second-order valence-corrected chi connectivity index (χ2v) is 6.46. The first kappa shape index (κ1) is 15.4. The zero-order chi connectivity index (χ0) is 13.8. The Morgan fingerprint density at radius 1 is 1.56 bits per heavy atom. The van der Waals surface area contributed by atoms with Crippen LogP contribution in [0.1, 0.15) is 12.0 Å². The van der Waals surface area contributed by atoms with Gasteiger partial charge in [0.25, 0.3) is 0 Å². The van der Waals surface area contributed by atoms with Crippen molar-refractivity contribution in [1.29, 1.82) is 0 Å². The fourth-order valence-corrected chi connectivity index (χ4v) is 2.34. The van der Waals surface area contributed by atoms with Crippen molar-refractivity contribution in [1.82, 2.24) is 9.29 Å². The minimum atomic E-state index is -3.62. The van der Waals surface area contributed by atoms with Crippen molar-refractivity contribution in [2.45, 2.75) is 13.3 Å². The first-order chi connectivity index (χ1) is 8.36. The van der Waals surface area contributed by atoms with E-state index >= 15 is 0 Å². The van der Waals surface area contributed by atoms with E-state index in [0.717, 1.165) is 14.3 Å². The van der Waals surface area contributed by atoms with Crippen LogP contribution in [0, 0.1) is 6.92 Å². The van der Waals surface area contributed by atoms with Crippen LogP contribution in [-0.4, -0.2) is 43.0 Å². The normalized spacial score (nSPS) is 11.8. The summed E-state index contributed by atoms with van der Waals surface area (Å²) in [5.41, 5.74) is 0.890. The van der Waals surface area contributed by atoms with Gasteiger partial charge in [-0.2, -0.15) is 12.7 Å². The number of nitrogens with one attached hydrogen (secondary N) is 1. The summed E-state index contributed by atoms with van der Waals surface area (Å²) in [6, 6.07) is 1.64. The molecule has 1 rings (SSSR count). The highest BCUT2D eigenvalue weighted by molar-refractivity contribution is 9.10. The zero-order valence-electron chi connectivity index (χ0n) is 10.2. The molecule has 0 aromatic carbocycles. The van der Waals surface area contributed by atoms with E-state index in [1.165, 1.54) is 7.05 Å². The molecular formula is C10H16BrN3O3S. The number of aryl methyl sites for hydroxylation is 1. The predicted octanol–water partition coefficient (Wildman–Crippen LogP) is 1.12. The summed E-state index contributed by atoms with van der Waals surface area (Å²) in [6.07, 6.45) is 1.94. The third kappa shape index (κ3) is 4.20. The lowest BCUT2D eigenvalue weighted by molar-refractivity contribution is 0.276. The Balaban J connectivity index is 2.78. The SMILES string of the molecule is Cc1cc(NS(=O)(=O)N(C)CCCO)ncc1Br. The first-order valence-corrected chi connectivity index (χ1v) is 7.57. The van der Waals surface area contributed by atoms with E-state index in [4.69, 9.17) is 5.11 Å². The average Bonchev–Trinajstić information content (AvgIpc) is 2.30. The molecule has 8 heteroatoms. The smallest absolute Gasteiger partial charge is 0.302 e. The van der Waals surface area contributed by atoms with Crippen molar-refractivity contribution in [3.63, 3.8) is 0 Å². The molecule has 0 bridgehead atoms. The van der Waals surface area contributed by atoms with Crippen LogP contribution in [-0.2, 0) is 10.2 Å². The molecule has 0 saturated heterocycles. The van der Waals surface area contributed by atoms with Crippen LogP contribution >= 0.6 is 15.9 Å². The van der Waals surface area contributed by atoms with Crippen molar-refractivity contribution >= 4 is 32.0 Å². The number of hydrogen-bond acceptors (Lipinski definition) is 4. The summed E-state index contributed by atoms with van der Waals surface area (Å²) in [4.78, 5) is 3.97. The number of pyridine rings is 1. The van der Waals surface area contributed by atoms with E-state index in [1.807, 2.05) is 6.92 Å². The van der Waals surface area contributed by atoms with Crippen LogP contribution in [0.3, 0.4) is 0 Å². The van der Waals surface area contributed by atoms with E-state index in [1.54, 1.807) is 12.3 Å². The Kier molecular flexibility index (Phi) is 5.51. The number of halogens is 1. The predicted molar refractivity (Wildman–Crippen MR) is 73.5 cm³/mol. The van der Waals surface area contributed by atoms with Crippen LogP contribution in [0.25, 0.3) is 0 Å². The lowest BCUT2D eigenvalue weighted by Gasteiger charge is -2.17. The second-order valence-electron chi connectivity index (χ2n) is 3.82. The number of hydrogen-bond donors (Lipinski definition) is 2. The Morgan fingerprint density at radius 3 is 2.78 bits per heavy atom. The monoisotopic (exact) mass is 337 g/mol. The van der Waals surface area contributed by atoms with Crippen LogP contribution in [0.4, 0.5) is 5.82 Å². The number of anilines is 1. The van der Waals surface area contributed by atoms with Gasteiger partial charge in [-0.3, -0.25) is 4.72 Å². The van der Waals surface area contributed by atoms with E-state index in [-0.39, 0.29) is 19.0 Å². The Bertz CT molecular complexity index is 507. The maximum absolute atomic E-state index is 11.9. The van der Waals surface area contributed by atoms with Gasteiger partial charge < -0.3 is 5.11 Å². The van der Waals surface area contributed by atoms with Crippen molar-refractivity contribution in [2.24, 2.45) is 0 Å². The minimum Gasteiger partial charge on any atom is -0.396 e. The van der Waals surface area contributed by atoms with Crippen LogP contribution in [0.5, 0.6) is 0 Å². The zero-order valence-corrected chi connectivity index (χ0v) is 12.6. The summed E-state index contributed by atoms with van der Waals surface area (Å²) >= 11 is 3.29. The molecule has 0 unspecified atom stereocenters. The van der Waals surface area contributed by atoms with Gasteiger partial charge in [0.2, 0.25) is 0 Å². The number of aliphatic hydroxyl groups is 1. The highest BCUT2D eigenvalue weighted by atomic mass is 79.9. The lowest BCUT2D eigenvalue weighted by Crippen LogP contribution is -2.33. The molecule has 1 heterocycles. The van der Waals surface area contributed by atoms with Crippen LogP contribution < -0.4 is 4.72 Å². The molecule has 1 aromatic heterocycles. The molecule has 6 nitrogen and oxygen atoms in total. The van der Waals surface area contributed by atoms with Gasteiger partial charge in [0.1, 0.15) is 5.82 Å². The van der Waals surface area contributed by atoms with E-state index in [0.29, 0.717) is 6.42 Å². The fourth-order valence-electron chi connectivity index (χ4n) is 1.22. The van der Waals surface area contributed by atoms with Crippen molar-refractivity contribution in [2.75, 3.05) is 24.9 Å². The molecule has 0 atom stereocenters. The number of aliphatic hydroxyl groups excluding tert-OH is 1. The van der Waals surface area contributed by atoms with Crippen molar-refractivity contribution < 1.29 is 13.5 Å². The highest BCUT2D eigenvalue weighted by Gasteiger charge is 2.17. The number of aromatic nitrogens is 1. The molecule has 1 aromatic rings. The molecule has 0 amide bonds. The molecule has 18 heavy (non-hydrogen) atoms. The van der Waals surface area contributed by atoms with Gasteiger partial charge in [-0.15, -0.1) is 0 Å². The Labute approximate surface area is 115 Å². The molecule has 2 N–H and O–H groups in total. The molecule has 0 aliphatic carbocycles. The average molecular weight is 338 g/mol. The summed E-state index contributed by atoms with van der Waals surface area (Å²) in [6.45, 7) is 2.05. The summed E-state index contributed by atoms with van der Waals surface area (Å²) < 4.78 is 28.1. The standard InChI is InChI=1S/C10H16BrN3O3S/c1-8-6-10(12-7-9(8)11)13-18(16,17)14(2)4-3-5-15/h6-7,15H,3-5H2,1-2H3,(H,12,13). The van der Waals surface area contributed by atoms with Gasteiger partial charge in [-0.05, 0) is 40.9 Å². The van der Waals surface area contributed by atoms with Gasteiger partial charge in [0.05, 0.1) is 0 Å². The summed E-state index contributed by atoms with van der Waals surface area (Å²) in [5, 5.41) is 8.68. The minimum absolute atomic E-state index is 0.0461. The second kappa shape index (κ2) is 6.46. The van der Waals surface area contributed by atoms with E-state index in [9.17, 15) is 8.42 Å². The largest absolute Gasteiger partial charge is 0.396 e. The number of nitrogens with zero attached hydrogens (tertiary/aromatic N) is 2. The molecular weight excluding hydrogens is 322 g/mol. The first-order valence-electron chi connectivity index (χ1n) is 5.34. The highest BCUT2D eigenvalue weighted by Crippen LogP contribution is 2.18. The topological polar surface area (TPSA) is 82.5 Å². The maximum atomic E-state index is 11.9. The molecule has 0 spiro atoms. The maximum Gasteiger partial charge on any atom is 0.302 e. The fraction of sp³-hybridized carbons (Fsp3) is 0.500. The van der Waals surface area contributed by atoms with Gasteiger partial charge in [0, 0.05) is 30.9 Å². The molecule has 0 fully saturated rings. The number of rotatable bonds is 6. The Hall–Kier alpha value is -0.700. The van der Waals surface area contributed by atoms with Crippen LogP contribution in [0.2, 0.25) is 0 Å². The molecule has 0 aliphatic heterocycles. The quantitative estimate of drug-likeness (QED) is 0.814. The van der Waals surface area contributed by atoms with E-state index < -0.39 is 10.2 Å². The third-order valence-corrected chi connectivity index (χ3v) is 4.62. The van der Waals surface area contributed by atoms with Crippen molar-refractivity contribution in [3.05, 3.63) is 22.3 Å². The van der Waals surface area contributed by atoms with Crippen LogP contribution in [0.15, 0.2) is 16.7 Å².